The lowest BCUT2D eigenvalue weighted by Gasteiger charge is -2.41. The quantitative estimate of drug-likeness (QED) is 0.184. The molecule has 44 heavy (non-hydrogen) atoms. The summed E-state index contributed by atoms with van der Waals surface area (Å²) in [4.78, 5) is 35.3. The minimum absolute atomic E-state index is 0.0587. The topological polar surface area (TPSA) is 69.4 Å². The highest BCUT2D eigenvalue weighted by Crippen LogP contribution is 2.37. The van der Waals surface area contributed by atoms with Gasteiger partial charge in [-0.3, -0.25) is 4.79 Å². The summed E-state index contributed by atoms with van der Waals surface area (Å²) in [6.45, 7) is 12.5. The molecule has 3 aliphatic heterocycles. The van der Waals surface area contributed by atoms with Crippen LogP contribution in [0.5, 0.6) is 6.01 Å². The van der Waals surface area contributed by atoms with Crippen molar-refractivity contribution in [2.24, 2.45) is 0 Å². The maximum atomic E-state index is 12.9. The molecule has 0 unspecified atom stereocenters. The minimum Gasteiger partial charge on any atom is -0.462 e. The van der Waals surface area contributed by atoms with E-state index < -0.39 is 0 Å². The number of carbonyl (C=O) groups excluding carboxylic acids is 1. The summed E-state index contributed by atoms with van der Waals surface area (Å²) in [5.41, 5.74) is 3.15. The number of rotatable bonds is 8. The first-order valence-electron chi connectivity index (χ1n) is 15.2. The van der Waals surface area contributed by atoms with Crippen LogP contribution in [0.3, 0.4) is 0 Å². The second kappa shape index (κ2) is 13.7. The number of piperazine rings is 1. The zero-order valence-electron chi connectivity index (χ0n) is 25.0. The van der Waals surface area contributed by atoms with Gasteiger partial charge in [-0.05, 0) is 56.4 Å². The number of benzene rings is 2. The first-order chi connectivity index (χ1) is 21.5. The van der Waals surface area contributed by atoms with E-state index in [1.54, 1.807) is 12.2 Å². The van der Waals surface area contributed by atoms with Gasteiger partial charge in [-0.25, -0.2) is 6.57 Å². The summed E-state index contributed by atoms with van der Waals surface area (Å²) in [6, 6.07) is 12.8. The number of anilines is 2. The number of aromatic nitrogens is 2. The molecule has 9 nitrogen and oxygen atoms in total. The van der Waals surface area contributed by atoms with Gasteiger partial charge in [-0.15, -0.1) is 0 Å². The van der Waals surface area contributed by atoms with E-state index in [4.69, 9.17) is 32.9 Å². The Morgan fingerprint density at radius 1 is 1.14 bits per heavy atom. The molecule has 230 valence electrons. The van der Waals surface area contributed by atoms with Crippen LogP contribution in [0.25, 0.3) is 15.6 Å². The first-order valence-corrected chi connectivity index (χ1v) is 16.7. The highest BCUT2D eigenvalue weighted by molar-refractivity contribution is 9.09. The van der Waals surface area contributed by atoms with E-state index in [1.807, 2.05) is 17.0 Å². The molecule has 11 heteroatoms. The van der Waals surface area contributed by atoms with Gasteiger partial charge in [-0.2, -0.15) is 9.97 Å². The minimum atomic E-state index is -0.228. The number of allylic oxidation sites excluding steroid dienone is 1. The van der Waals surface area contributed by atoms with Crippen molar-refractivity contribution in [2.75, 3.05) is 68.1 Å². The fraction of sp³-hybridized carbons (Fsp3) is 0.455. The van der Waals surface area contributed by atoms with Gasteiger partial charge in [0.25, 0.3) is 0 Å². The van der Waals surface area contributed by atoms with Crippen LogP contribution < -0.4 is 14.5 Å². The second-order valence-corrected chi connectivity index (χ2v) is 12.7. The molecule has 0 saturated carbocycles. The number of likely N-dealkylation sites (N-methyl/N-ethyl adjacent to an activating group) is 1. The molecule has 2 fully saturated rings. The lowest BCUT2D eigenvalue weighted by atomic mass is 10.0. The summed E-state index contributed by atoms with van der Waals surface area (Å²) >= 11 is 10.1. The fourth-order valence-electron chi connectivity index (χ4n) is 6.66. The number of ether oxygens (including phenoxy) is 1. The van der Waals surface area contributed by atoms with Crippen molar-refractivity contribution in [1.29, 1.82) is 0 Å². The van der Waals surface area contributed by atoms with E-state index in [1.165, 1.54) is 6.42 Å². The summed E-state index contributed by atoms with van der Waals surface area (Å²) in [6.07, 6.45) is 6.41. The van der Waals surface area contributed by atoms with E-state index in [9.17, 15) is 4.79 Å². The van der Waals surface area contributed by atoms with Crippen LogP contribution in [-0.2, 0) is 17.8 Å². The summed E-state index contributed by atoms with van der Waals surface area (Å²) in [7, 11) is 2.14. The van der Waals surface area contributed by atoms with E-state index in [0.29, 0.717) is 50.2 Å². The average molecular weight is 679 g/mol. The molecule has 0 bridgehead atoms. The number of hydrogen-bond donors (Lipinski definition) is 0. The molecule has 1 amide bonds. The fourth-order valence-corrected chi connectivity index (χ4v) is 7.13. The van der Waals surface area contributed by atoms with Crippen LogP contribution in [0.1, 0.15) is 24.1 Å². The van der Waals surface area contributed by atoms with Gasteiger partial charge in [0.05, 0.1) is 17.3 Å². The molecule has 3 aliphatic rings. The Balaban J connectivity index is 1.32. The van der Waals surface area contributed by atoms with Crippen LogP contribution >= 0.6 is 27.5 Å². The molecular weight excluding hydrogens is 642 g/mol. The van der Waals surface area contributed by atoms with Gasteiger partial charge in [0.15, 0.2) is 0 Å². The molecule has 2 saturated heterocycles. The lowest BCUT2D eigenvalue weighted by molar-refractivity contribution is -0.128. The van der Waals surface area contributed by atoms with Gasteiger partial charge < -0.3 is 29.2 Å². The second-order valence-electron chi connectivity index (χ2n) is 11.7. The number of amides is 1. The first kappa shape index (κ1) is 30.6. The van der Waals surface area contributed by atoms with Crippen LogP contribution in [0.2, 0.25) is 5.02 Å². The number of hydrogen-bond acceptors (Lipinski definition) is 7. The lowest BCUT2D eigenvalue weighted by Crippen LogP contribution is -2.56. The third-order valence-corrected chi connectivity index (χ3v) is 9.68. The summed E-state index contributed by atoms with van der Waals surface area (Å²) < 4.78 is 6.31. The maximum Gasteiger partial charge on any atom is 0.318 e. The van der Waals surface area contributed by atoms with Crippen LogP contribution in [0, 0.1) is 6.57 Å². The van der Waals surface area contributed by atoms with Crippen LogP contribution in [-0.4, -0.2) is 96.0 Å². The normalized spacial score (nSPS) is 20.7. The molecule has 0 radical (unpaired) electrons. The zero-order chi connectivity index (χ0) is 30.6. The Hall–Kier alpha value is -3.39. The van der Waals surface area contributed by atoms with E-state index in [2.05, 4.69) is 66.8 Å². The molecule has 2 aromatic carbocycles. The maximum absolute atomic E-state index is 12.9. The summed E-state index contributed by atoms with van der Waals surface area (Å²) in [5, 5.41) is 3.51. The Morgan fingerprint density at radius 3 is 2.75 bits per heavy atom. The van der Waals surface area contributed by atoms with Crippen LogP contribution in [0.15, 0.2) is 48.6 Å². The largest absolute Gasteiger partial charge is 0.462 e. The Bertz CT molecular complexity index is 1590. The van der Waals surface area contributed by atoms with Crippen LogP contribution in [0.4, 0.5) is 11.5 Å². The monoisotopic (exact) mass is 677 g/mol. The summed E-state index contributed by atoms with van der Waals surface area (Å²) in [5.74, 6) is 0.801. The zero-order valence-corrected chi connectivity index (χ0v) is 27.3. The number of likely N-dealkylation sites (tertiary alicyclic amines) is 1. The predicted octanol–water partition coefficient (Wildman–Crippen LogP) is 5.21. The molecule has 2 atom stereocenters. The van der Waals surface area contributed by atoms with E-state index >= 15 is 0 Å². The van der Waals surface area contributed by atoms with Gasteiger partial charge in [0.2, 0.25) is 12.5 Å². The van der Waals surface area contributed by atoms with Gasteiger partial charge >= 0.3 is 6.01 Å². The molecule has 0 aliphatic carbocycles. The van der Waals surface area contributed by atoms with Crippen molar-refractivity contribution < 1.29 is 9.53 Å². The van der Waals surface area contributed by atoms with Gasteiger partial charge in [0, 0.05) is 54.2 Å². The molecule has 4 heterocycles. The van der Waals surface area contributed by atoms with Gasteiger partial charge in [0.1, 0.15) is 18.5 Å². The average Bonchev–Trinajstić information content (AvgIpc) is 3.46. The highest BCUT2D eigenvalue weighted by atomic mass is 79.9. The third-order valence-electron chi connectivity index (χ3n) is 8.99. The van der Waals surface area contributed by atoms with Crippen molar-refractivity contribution >= 4 is 55.7 Å². The number of alkyl halides is 1. The van der Waals surface area contributed by atoms with Crippen molar-refractivity contribution in [3.05, 3.63) is 76.2 Å². The smallest absolute Gasteiger partial charge is 0.318 e. The number of nitrogens with zero attached hydrogens (tertiary/aromatic N) is 7. The van der Waals surface area contributed by atoms with Crippen molar-refractivity contribution in [3.8, 4) is 6.01 Å². The molecule has 6 rings (SSSR count). The molecule has 0 spiro atoms. The SMILES string of the molecule is [C-]#[N+]C[C@H]1CN(c2nc(OC[C@@H]3CCCN3C)nc3c2CCN(c2cccc4cccc(Cl)c24)C3)CCN1C(=O)/C=C/CBr. The molecule has 1 aromatic heterocycles. The van der Waals surface area contributed by atoms with E-state index in [-0.39, 0.29) is 18.5 Å². The molecule has 3 aromatic rings. The third kappa shape index (κ3) is 6.37. The predicted molar refractivity (Wildman–Crippen MR) is 179 cm³/mol. The van der Waals surface area contributed by atoms with Crippen molar-refractivity contribution in [1.82, 2.24) is 19.8 Å². The van der Waals surface area contributed by atoms with E-state index in [0.717, 1.165) is 64.5 Å². The number of halogens is 2. The van der Waals surface area contributed by atoms with Crippen molar-refractivity contribution in [3.63, 3.8) is 0 Å². The molecule has 0 N–H and O–H groups in total. The molecular formula is C33H37BrClN7O2. The number of carbonyl (C=O) groups is 1. The van der Waals surface area contributed by atoms with Crippen molar-refractivity contribution in [2.45, 2.75) is 37.9 Å². The Kier molecular flexibility index (Phi) is 9.55. The highest BCUT2D eigenvalue weighted by Gasteiger charge is 2.35. The Labute approximate surface area is 272 Å². The standard InChI is InChI=1S/C33H37BrClN7O2/c1-36-19-25-20-41(17-18-42(25)30(43)12-5-14-34)32-26-13-16-40(29-11-4-8-23-7-3-10-27(35)31(23)29)21-28(26)37-33(38-32)44-22-24-9-6-15-39(24)2/h3-5,7-8,10-12,24-25H,6,9,13-22H2,2H3/b12-5+/t24-,25-/m0/s1. The number of fused-ring (bicyclic) bond motifs is 2. The van der Waals surface area contributed by atoms with Gasteiger partial charge in [-0.1, -0.05) is 57.9 Å². The Morgan fingerprint density at radius 2 is 1.98 bits per heavy atom.